The molecule has 3 atom stereocenters. The predicted molar refractivity (Wildman–Crippen MR) is 90.9 cm³/mol. The van der Waals surface area contributed by atoms with Crippen molar-refractivity contribution in [3.63, 3.8) is 0 Å². The summed E-state index contributed by atoms with van der Waals surface area (Å²) in [5.41, 5.74) is 0.198. The maximum atomic E-state index is 12.0. The van der Waals surface area contributed by atoms with Crippen molar-refractivity contribution < 1.29 is 14.3 Å². The van der Waals surface area contributed by atoms with Crippen LogP contribution in [0.5, 0.6) is 0 Å². The van der Waals surface area contributed by atoms with Gasteiger partial charge < -0.3 is 10.1 Å². The predicted octanol–water partition coefficient (Wildman–Crippen LogP) is 4.09. The van der Waals surface area contributed by atoms with Gasteiger partial charge in [-0.05, 0) is 36.5 Å². The van der Waals surface area contributed by atoms with Crippen LogP contribution in [-0.2, 0) is 9.53 Å². The molecular weight excluding hydrogens is 337 g/mol. The molecule has 2 rings (SSSR count). The molecular formula is C17H21Cl2NO3. The summed E-state index contributed by atoms with van der Waals surface area (Å²) in [4.78, 5) is 24.0. The van der Waals surface area contributed by atoms with Gasteiger partial charge in [0.2, 0.25) is 0 Å². The summed E-state index contributed by atoms with van der Waals surface area (Å²) in [7, 11) is 0. The average Bonchev–Trinajstić information content (AvgIpc) is 2.49. The standard InChI is InChI=1S/C17H21Cl2NO3/c1-10-4-3-5-15(11(10)2)20-16(21)9-23-17(22)13-7-6-12(18)8-14(13)19/h6-8,10-11,15H,3-5,9H2,1-2H3,(H,20,21)/t10-,11-,15+/m1/s1. The van der Waals surface area contributed by atoms with Crippen LogP contribution in [0.3, 0.4) is 0 Å². The smallest absolute Gasteiger partial charge is 0.340 e. The minimum Gasteiger partial charge on any atom is -0.452 e. The summed E-state index contributed by atoms with van der Waals surface area (Å²) in [5.74, 6) is 0.0971. The van der Waals surface area contributed by atoms with Crippen LogP contribution in [0.1, 0.15) is 43.5 Å². The third kappa shape index (κ3) is 4.85. The molecule has 4 nitrogen and oxygen atoms in total. The van der Waals surface area contributed by atoms with Gasteiger partial charge >= 0.3 is 5.97 Å². The molecule has 1 aliphatic carbocycles. The van der Waals surface area contributed by atoms with Crippen LogP contribution >= 0.6 is 23.2 Å². The number of hydrogen-bond acceptors (Lipinski definition) is 3. The quantitative estimate of drug-likeness (QED) is 0.825. The largest absolute Gasteiger partial charge is 0.452 e. The van der Waals surface area contributed by atoms with E-state index < -0.39 is 5.97 Å². The van der Waals surface area contributed by atoms with Crippen molar-refractivity contribution in [2.24, 2.45) is 11.8 Å². The van der Waals surface area contributed by atoms with Gasteiger partial charge in [-0.3, -0.25) is 4.79 Å². The highest BCUT2D eigenvalue weighted by molar-refractivity contribution is 6.36. The zero-order valence-electron chi connectivity index (χ0n) is 13.3. The fourth-order valence-electron chi connectivity index (χ4n) is 2.90. The second kappa shape index (κ2) is 8.02. The fourth-order valence-corrected chi connectivity index (χ4v) is 3.38. The zero-order chi connectivity index (χ0) is 17.0. The van der Waals surface area contributed by atoms with Gasteiger partial charge in [0.1, 0.15) is 0 Å². The number of rotatable bonds is 4. The minimum atomic E-state index is -0.633. The molecule has 0 radical (unpaired) electrons. The van der Waals surface area contributed by atoms with E-state index in [0.717, 1.165) is 12.8 Å². The molecule has 1 aromatic rings. The molecule has 1 fully saturated rings. The molecule has 1 aromatic carbocycles. The van der Waals surface area contributed by atoms with E-state index in [-0.39, 0.29) is 29.1 Å². The number of ether oxygens (including phenoxy) is 1. The summed E-state index contributed by atoms with van der Waals surface area (Å²) in [5, 5.41) is 3.60. The molecule has 6 heteroatoms. The zero-order valence-corrected chi connectivity index (χ0v) is 14.8. The summed E-state index contributed by atoms with van der Waals surface area (Å²) >= 11 is 11.7. The first-order valence-electron chi connectivity index (χ1n) is 7.80. The van der Waals surface area contributed by atoms with Gasteiger partial charge in [0.05, 0.1) is 10.6 Å². The van der Waals surface area contributed by atoms with Crippen molar-refractivity contribution in [2.45, 2.75) is 39.2 Å². The number of halogens is 2. The SMILES string of the molecule is C[C@@H]1[C@H](C)CCC[C@@H]1NC(=O)COC(=O)c1ccc(Cl)cc1Cl. The molecule has 0 saturated heterocycles. The summed E-state index contributed by atoms with van der Waals surface area (Å²) in [6, 6.07) is 4.64. The van der Waals surface area contributed by atoms with E-state index in [1.54, 1.807) is 6.07 Å². The number of nitrogens with one attached hydrogen (secondary N) is 1. The van der Waals surface area contributed by atoms with Crippen molar-refractivity contribution in [3.8, 4) is 0 Å². The first-order chi connectivity index (χ1) is 10.9. The van der Waals surface area contributed by atoms with Gasteiger partial charge in [0.25, 0.3) is 5.91 Å². The normalized spacial score (nSPS) is 24.1. The molecule has 0 bridgehead atoms. The Labute approximate surface area is 146 Å². The molecule has 126 valence electrons. The molecule has 0 unspecified atom stereocenters. The van der Waals surface area contributed by atoms with Gasteiger partial charge in [-0.25, -0.2) is 4.79 Å². The van der Waals surface area contributed by atoms with E-state index >= 15 is 0 Å². The van der Waals surface area contributed by atoms with Crippen molar-refractivity contribution in [1.82, 2.24) is 5.32 Å². The lowest BCUT2D eigenvalue weighted by atomic mass is 9.78. The second-order valence-corrected chi connectivity index (χ2v) is 6.99. The highest BCUT2D eigenvalue weighted by atomic mass is 35.5. The van der Waals surface area contributed by atoms with E-state index in [2.05, 4.69) is 19.2 Å². The molecule has 1 N–H and O–H groups in total. The number of carbonyl (C=O) groups excluding carboxylic acids is 2. The number of esters is 1. The van der Waals surface area contributed by atoms with E-state index in [0.29, 0.717) is 16.9 Å². The topological polar surface area (TPSA) is 55.4 Å². The van der Waals surface area contributed by atoms with E-state index in [1.807, 2.05) is 0 Å². The Bertz CT molecular complexity index is 591. The van der Waals surface area contributed by atoms with E-state index in [9.17, 15) is 9.59 Å². The maximum Gasteiger partial charge on any atom is 0.340 e. The molecule has 1 aliphatic rings. The molecule has 1 amide bonds. The van der Waals surface area contributed by atoms with Gasteiger partial charge in [-0.1, -0.05) is 49.9 Å². The molecule has 0 aromatic heterocycles. The summed E-state index contributed by atoms with van der Waals surface area (Å²) in [6.07, 6.45) is 3.27. The van der Waals surface area contributed by atoms with Crippen LogP contribution in [0.4, 0.5) is 0 Å². The molecule has 0 spiro atoms. The first kappa shape index (κ1) is 18.1. The van der Waals surface area contributed by atoms with Crippen molar-refractivity contribution in [2.75, 3.05) is 6.61 Å². The summed E-state index contributed by atoms with van der Waals surface area (Å²) < 4.78 is 5.04. The average molecular weight is 358 g/mol. The molecule has 0 heterocycles. The Morgan fingerprint density at radius 1 is 1.26 bits per heavy atom. The third-order valence-electron chi connectivity index (χ3n) is 4.54. The maximum absolute atomic E-state index is 12.0. The molecule has 0 aliphatic heterocycles. The Kier molecular flexibility index (Phi) is 6.31. The minimum absolute atomic E-state index is 0.143. The molecule has 23 heavy (non-hydrogen) atoms. The van der Waals surface area contributed by atoms with E-state index in [4.69, 9.17) is 27.9 Å². The van der Waals surface area contributed by atoms with Gasteiger partial charge in [-0.2, -0.15) is 0 Å². The Hall–Kier alpha value is -1.26. The number of carbonyl (C=O) groups is 2. The monoisotopic (exact) mass is 357 g/mol. The van der Waals surface area contributed by atoms with Gasteiger partial charge in [0.15, 0.2) is 6.61 Å². The lowest BCUT2D eigenvalue weighted by Gasteiger charge is -2.34. The second-order valence-electron chi connectivity index (χ2n) is 6.14. The first-order valence-corrected chi connectivity index (χ1v) is 8.55. The molecule has 1 saturated carbocycles. The van der Waals surface area contributed by atoms with Crippen molar-refractivity contribution in [3.05, 3.63) is 33.8 Å². The Morgan fingerprint density at radius 2 is 2.00 bits per heavy atom. The Morgan fingerprint density at radius 3 is 2.70 bits per heavy atom. The van der Waals surface area contributed by atoms with Crippen molar-refractivity contribution >= 4 is 35.1 Å². The Balaban J connectivity index is 1.85. The van der Waals surface area contributed by atoms with Crippen LogP contribution in [0.2, 0.25) is 10.0 Å². The lowest BCUT2D eigenvalue weighted by molar-refractivity contribution is -0.125. The van der Waals surface area contributed by atoms with Crippen LogP contribution in [0.25, 0.3) is 0 Å². The third-order valence-corrected chi connectivity index (χ3v) is 5.09. The van der Waals surface area contributed by atoms with Crippen LogP contribution in [0, 0.1) is 11.8 Å². The lowest BCUT2D eigenvalue weighted by Crippen LogP contribution is -2.45. The highest BCUT2D eigenvalue weighted by Gasteiger charge is 2.28. The van der Waals surface area contributed by atoms with Crippen LogP contribution in [-0.4, -0.2) is 24.5 Å². The number of amides is 1. The van der Waals surface area contributed by atoms with Crippen LogP contribution < -0.4 is 5.32 Å². The van der Waals surface area contributed by atoms with Crippen LogP contribution in [0.15, 0.2) is 18.2 Å². The summed E-state index contributed by atoms with van der Waals surface area (Å²) in [6.45, 7) is 4.04. The van der Waals surface area contributed by atoms with E-state index in [1.165, 1.54) is 18.6 Å². The van der Waals surface area contributed by atoms with Crippen molar-refractivity contribution in [1.29, 1.82) is 0 Å². The van der Waals surface area contributed by atoms with Gasteiger partial charge in [-0.15, -0.1) is 0 Å². The number of hydrogen-bond donors (Lipinski definition) is 1. The van der Waals surface area contributed by atoms with Gasteiger partial charge in [0, 0.05) is 11.1 Å². The highest BCUT2D eigenvalue weighted by Crippen LogP contribution is 2.29. The fraction of sp³-hybridized carbons (Fsp3) is 0.529. The number of benzene rings is 1.